The molecule has 1 fully saturated rings. The molecule has 0 spiro atoms. The van der Waals surface area contributed by atoms with Crippen molar-refractivity contribution in [2.24, 2.45) is 0 Å². The van der Waals surface area contributed by atoms with Crippen LogP contribution in [0.4, 0.5) is 14.6 Å². The van der Waals surface area contributed by atoms with Crippen molar-refractivity contribution in [2.45, 2.75) is 37.2 Å². The average molecular weight is 562 g/mol. The number of aryl methyl sites for hydroxylation is 1. The second kappa shape index (κ2) is 9.71. The molecule has 0 aliphatic heterocycles. The normalized spacial score (nSPS) is 14.6. The zero-order valence-corrected chi connectivity index (χ0v) is 22.3. The van der Waals surface area contributed by atoms with E-state index in [-0.39, 0.29) is 34.8 Å². The van der Waals surface area contributed by atoms with Gasteiger partial charge in [-0.1, -0.05) is 24.3 Å². The van der Waals surface area contributed by atoms with E-state index in [1.165, 1.54) is 29.1 Å². The zero-order chi connectivity index (χ0) is 28.2. The third-order valence-electron chi connectivity index (χ3n) is 7.17. The highest BCUT2D eigenvalue weighted by atomic mass is 32.2. The van der Waals surface area contributed by atoms with Crippen molar-refractivity contribution in [3.63, 3.8) is 0 Å². The highest BCUT2D eigenvalue weighted by Crippen LogP contribution is 2.35. The summed E-state index contributed by atoms with van der Waals surface area (Å²) in [6, 6.07) is 14.6. The average Bonchev–Trinajstić information content (AvgIpc) is 3.61. The van der Waals surface area contributed by atoms with E-state index in [4.69, 9.17) is 10.5 Å². The molecule has 4 aromatic rings. The predicted octanol–water partition coefficient (Wildman–Crippen LogP) is 5.73. The number of ether oxygens (including phenoxy) is 1. The minimum atomic E-state index is -3.40. The van der Waals surface area contributed by atoms with Gasteiger partial charge in [0.2, 0.25) is 0 Å². The molecule has 2 N–H and O–H groups in total. The van der Waals surface area contributed by atoms with E-state index in [1.54, 1.807) is 31.2 Å². The van der Waals surface area contributed by atoms with Crippen molar-refractivity contribution >= 4 is 27.5 Å². The first-order valence-electron chi connectivity index (χ1n) is 12.8. The van der Waals surface area contributed by atoms with Crippen LogP contribution in [-0.2, 0) is 22.0 Å². The van der Waals surface area contributed by atoms with Gasteiger partial charge in [-0.3, -0.25) is 4.79 Å². The fourth-order valence-electron chi connectivity index (χ4n) is 4.97. The van der Waals surface area contributed by atoms with Crippen LogP contribution in [0.5, 0.6) is 11.5 Å². The van der Waals surface area contributed by atoms with Crippen LogP contribution in [-0.4, -0.2) is 29.2 Å². The maximum atomic E-state index is 15.2. The van der Waals surface area contributed by atoms with Gasteiger partial charge in [0.1, 0.15) is 28.8 Å². The molecular formula is C30H25F2N3O4S. The molecule has 0 amide bonds. The van der Waals surface area contributed by atoms with Crippen molar-refractivity contribution in [3.8, 4) is 17.2 Å². The molecule has 40 heavy (non-hydrogen) atoms. The zero-order valence-electron chi connectivity index (χ0n) is 21.5. The van der Waals surface area contributed by atoms with Crippen molar-refractivity contribution < 1.29 is 26.7 Å². The summed E-state index contributed by atoms with van der Waals surface area (Å²) >= 11 is 0. The van der Waals surface area contributed by atoms with Crippen molar-refractivity contribution in [2.75, 3.05) is 5.73 Å². The first kappa shape index (κ1) is 25.9. The lowest BCUT2D eigenvalue weighted by molar-refractivity contribution is 0.103. The van der Waals surface area contributed by atoms with Gasteiger partial charge in [-0.05, 0) is 66.8 Å². The molecule has 0 unspecified atom stereocenters. The Morgan fingerprint density at radius 1 is 1.07 bits per heavy atom. The van der Waals surface area contributed by atoms with E-state index in [2.05, 4.69) is 5.10 Å². The molecule has 0 bridgehead atoms. The fourth-order valence-corrected chi connectivity index (χ4v) is 6.72. The van der Waals surface area contributed by atoms with E-state index in [0.29, 0.717) is 46.6 Å². The third-order valence-corrected chi connectivity index (χ3v) is 9.37. The second-order valence-corrected chi connectivity index (χ2v) is 12.4. The molecule has 204 valence electrons. The van der Waals surface area contributed by atoms with Gasteiger partial charge in [0, 0.05) is 23.6 Å². The number of anilines is 1. The largest absolute Gasteiger partial charge is 0.457 e. The molecule has 0 saturated heterocycles. The maximum Gasteiger partial charge on any atom is 0.194 e. The number of Topliss-reactive ketones (excluding diaryl/α,β-unsaturated/α-hetero) is 1. The number of hydrogen-bond acceptors (Lipinski definition) is 6. The van der Waals surface area contributed by atoms with Gasteiger partial charge in [-0.25, -0.2) is 21.9 Å². The number of benzene rings is 3. The molecule has 6 rings (SSSR count). The molecule has 0 radical (unpaired) electrons. The highest BCUT2D eigenvalue weighted by Gasteiger charge is 2.36. The summed E-state index contributed by atoms with van der Waals surface area (Å²) in [6.07, 6.45) is 4.26. The van der Waals surface area contributed by atoms with E-state index >= 15 is 4.39 Å². The van der Waals surface area contributed by atoms with Crippen molar-refractivity contribution in [1.82, 2.24) is 9.78 Å². The number of para-hydroxylation sites is 1. The first-order chi connectivity index (χ1) is 19.1. The Balaban J connectivity index is 1.24. The number of carbonyl (C=O) groups excluding carboxylic acids is 1. The summed E-state index contributed by atoms with van der Waals surface area (Å²) in [6.45, 7) is 1.69. The number of nitrogens with two attached hydrogens (primary N) is 1. The molecule has 2 aliphatic rings. The Bertz CT molecular complexity index is 1790. The summed E-state index contributed by atoms with van der Waals surface area (Å²) in [4.78, 5) is 13.4. The lowest BCUT2D eigenvalue weighted by Gasteiger charge is -2.13. The van der Waals surface area contributed by atoms with Gasteiger partial charge in [0.15, 0.2) is 21.4 Å². The van der Waals surface area contributed by atoms with Crippen LogP contribution < -0.4 is 10.5 Å². The van der Waals surface area contributed by atoms with Crippen LogP contribution in [0.15, 0.2) is 66.4 Å². The molecule has 10 heteroatoms. The minimum Gasteiger partial charge on any atom is -0.457 e. The van der Waals surface area contributed by atoms with Gasteiger partial charge < -0.3 is 10.5 Å². The summed E-state index contributed by atoms with van der Waals surface area (Å²) in [5.74, 6) is -1.21. The van der Waals surface area contributed by atoms with Crippen LogP contribution in [0.3, 0.4) is 0 Å². The van der Waals surface area contributed by atoms with Gasteiger partial charge in [0.05, 0.1) is 22.8 Å². The summed E-state index contributed by atoms with van der Waals surface area (Å²) in [5.41, 5.74) is 8.58. The number of sulfone groups is 1. The van der Waals surface area contributed by atoms with Crippen LogP contribution in [0.25, 0.3) is 11.8 Å². The Kier molecular flexibility index (Phi) is 6.29. The predicted molar refractivity (Wildman–Crippen MR) is 147 cm³/mol. The van der Waals surface area contributed by atoms with E-state index in [9.17, 15) is 17.6 Å². The molecule has 1 aromatic heterocycles. The maximum absolute atomic E-state index is 15.2. The number of allylic oxidation sites excluding steroid dienone is 1. The van der Waals surface area contributed by atoms with E-state index in [0.717, 1.165) is 0 Å². The van der Waals surface area contributed by atoms with Crippen LogP contribution in [0, 0.1) is 18.6 Å². The highest BCUT2D eigenvalue weighted by molar-refractivity contribution is 7.91. The smallest absolute Gasteiger partial charge is 0.194 e. The standard InChI is InChI=1S/C30H25F2N3O4S/c1-17-9-23(39-22-5-3-2-4-6-22)14-27(32)28(17)35-30(33)25(15-34-35)29(36)20-10-18-12-21(26(31)13-19(18)11-20)16-40(37,38)24-7-8-24/h2-6,9,11-15,24H,7-8,10,16,33H2,1H3. The second-order valence-electron chi connectivity index (χ2n) is 10.2. The Labute approximate surface area is 229 Å². The number of nitrogen functional groups attached to an aromatic ring is 1. The molecule has 1 saturated carbocycles. The van der Waals surface area contributed by atoms with Crippen molar-refractivity contribution in [3.05, 3.63) is 106 Å². The van der Waals surface area contributed by atoms with Crippen LogP contribution in [0.2, 0.25) is 0 Å². The van der Waals surface area contributed by atoms with Gasteiger partial charge in [0.25, 0.3) is 0 Å². The lowest BCUT2D eigenvalue weighted by Crippen LogP contribution is -2.11. The SMILES string of the molecule is Cc1cc(Oc2ccccc2)cc(F)c1-n1ncc(C(=O)C2=Cc3cc(F)c(CS(=O)(=O)C4CC4)cc3C2)c1N. The summed E-state index contributed by atoms with van der Waals surface area (Å²) < 4.78 is 61.7. The number of fused-ring (bicyclic) bond motifs is 1. The number of hydrogen-bond donors (Lipinski definition) is 1. The van der Waals surface area contributed by atoms with Crippen molar-refractivity contribution in [1.29, 1.82) is 0 Å². The first-order valence-corrected chi connectivity index (χ1v) is 14.5. The lowest BCUT2D eigenvalue weighted by atomic mass is 10.0. The Hall–Kier alpha value is -4.31. The number of carbonyl (C=O) groups is 1. The van der Waals surface area contributed by atoms with Crippen LogP contribution >= 0.6 is 0 Å². The topological polar surface area (TPSA) is 104 Å². The minimum absolute atomic E-state index is 0.0389. The molecule has 7 nitrogen and oxygen atoms in total. The number of ketones is 1. The number of aromatic nitrogens is 2. The molecule has 1 heterocycles. The molecule has 3 aromatic carbocycles. The Morgan fingerprint density at radius 3 is 2.52 bits per heavy atom. The van der Waals surface area contributed by atoms with Crippen LogP contribution in [0.1, 0.15) is 45.5 Å². The van der Waals surface area contributed by atoms with Gasteiger partial charge in [-0.15, -0.1) is 0 Å². The number of nitrogens with zero attached hydrogens (tertiary/aromatic N) is 2. The monoisotopic (exact) mass is 561 g/mol. The molecule has 2 aliphatic carbocycles. The number of halogens is 2. The van der Waals surface area contributed by atoms with E-state index < -0.39 is 32.5 Å². The Morgan fingerprint density at radius 2 is 1.82 bits per heavy atom. The fraction of sp³-hybridized carbons (Fsp3) is 0.200. The summed E-state index contributed by atoms with van der Waals surface area (Å²) in [5, 5.41) is 3.80. The van der Waals surface area contributed by atoms with Gasteiger partial charge in [-0.2, -0.15) is 5.10 Å². The summed E-state index contributed by atoms with van der Waals surface area (Å²) in [7, 11) is -3.40. The van der Waals surface area contributed by atoms with E-state index in [1.807, 2.05) is 18.2 Å². The van der Waals surface area contributed by atoms with Gasteiger partial charge >= 0.3 is 0 Å². The molecule has 0 atom stereocenters. The number of rotatable bonds is 8. The quantitative estimate of drug-likeness (QED) is 0.276. The molecular weight excluding hydrogens is 536 g/mol. The third kappa shape index (κ3) is 4.79.